The number of allylic oxidation sites excluding steroid dienone is 2. The number of phenolic OH excluding ortho intramolecular Hbond substituents is 1. The summed E-state index contributed by atoms with van der Waals surface area (Å²) in [5.41, 5.74) is 4.49. The standard InChI is InChI=1S/C20H23NO/c1-20-10-8-17-16-6-4-15(22)12-13(16)2-5-18(17)19(20)7-3-14(20)9-11-21/h4,6,9,12,17-19,22H,2-3,5,7-8,10H2,1H3/b14-9-/t17-,18-,19+,20-/m1/s1. The highest BCUT2D eigenvalue weighted by Gasteiger charge is 2.52. The third-order valence-corrected chi connectivity index (χ3v) is 6.80. The van der Waals surface area contributed by atoms with Gasteiger partial charge in [-0.2, -0.15) is 5.26 Å². The number of nitriles is 1. The minimum absolute atomic E-state index is 0.255. The molecule has 114 valence electrons. The van der Waals surface area contributed by atoms with Crippen LogP contribution in [0.2, 0.25) is 0 Å². The Kier molecular flexibility index (Phi) is 3.08. The van der Waals surface area contributed by atoms with Crippen LogP contribution in [-0.4, -0.2) is 5.11 Å². The fraction of sp³-hybridized carbons (Fsp3) is 0.550. The predicted molar refractivity (Wildman–Crippen MR) is 86.4 cm³/mol. The van der Waals surface area contributed by atoms with Crippen LogP contribution in [0.1, 0.15) is 56.1 Å². The second kappa shape index (κ2) is 4.88. The molecule has 1 aromatic rings. The van der Waals surface area contributed by atoms with Gasteiger partial charge in [0, 0.05) is 6.08 Å². The Morgan fingerprint density at radius 2 is 2.14 bits per heavy atom. The number of fused-ring (bicyclic) bond motifs is 5. The SMILES string of the molecule is C[C@]12CC[C@@H]3c4ccc(O)cc4CC[C@H]3[C@@H]1CC/C2=C/C#N. The van der Waals surface area contributed by atoms with Crippen LogP contribution in [0, 0.1) is 28.6 Å². The quantitative estimate of drug-likeness (QED) is 0.705. The molecule has 2 saturated carbocycles. The summed E-state index contributed by atoms with van der Waals surface area (Å²) in [5.74, 6) is 2.54. The lowest BCUT2D eigenvalue weighted by molar-refractivity contribution is 0.0814. The molecule has 0 saturated heterocycles. The van der Waals surface area contributed by atoms with Gasteiger partial charge in [0.1, 0.15) is 5.75 Å². The van der Waals surface area contributed by atoms with Crippen molar-refractivity contribution in [3.63, 3.8) is 0 Å². The minimum atomic E-state index is 0.255. The maximum atomic E-state index is 9.73. The lowest BCUT2D eigenvalue weighted by Gasteiger charge is -2.49. The Labute approximate surface area is 132 Å². The Morgan fingerprint density at radius 1 is 1.27 bits per heavy atom. The summed E-state index contributed by atoms with van der Waals surface area (Å²) in [6.45, 7) is 2.40. The normalized spacial score (nSPS) is 38.0. The minimum Gasteiger partial charge on any atom is -0.508 e. The predicted octanol–water partition coefficient (Wildman–Crippen LogP) is 4.70. The highest BCUT2D eigenvalue weighted by atomic mass is 16.3. The molecule has 4 atom stereocenters. The van der Waals surface area contributed by atoms with Crippen molar-refractivity contribution < 1.29 is 5.11 Å². The topological polar surface area (TPSA) is 44.0 Å². The lowest BCUT2D eigenvalue weighted by atomic mass is 9.55. The van der Waals surface area contributed by atoms with Crippen LogP contribution < -0.4 is 0 Å². The molecule has 2 heteroatoms. The number of phenols is 1. The first-order valence-electron chi connectivity index (χ1n) is 8.54. The van der Waals surface area contributed by atoms with E-state index in [4.69, 9.17) is 5.26 Å². The second-order valence-electron chi connectivity index (χ2n) is 7.59. The van der Waals surface area contributed by atoms with Gasteiger partial charge in [0.25, 0.3) is 0 Å². The summed E-state index contributed by atoms with van der Waals surface area (Å²) in [6, 6.07) is 8.25. The highest BCUT2D eigenvalue weighted by Crippen LogP contribution is 2.62. The van der Waals surface area contributed by atoms with Gasteiger partial charge in [-0.1, -0.05) is 18.6 Å². The van der Waals surface area contributed by atoms with Crippen molar-refractivity contribution in [2.24, 2.45) is 17.3 Å². The van der Waals surface area contributed by atoms with Crippen molar-refractivity contribution in [1.82, 2.24) is 0 Å². The zero-order chi connectivity index (χ0) is 15.3. The first kappa shape index (κ1) is 13.9. The summed E-state index contributed by atoms with van der Waals surface area (Å²) >= 11 is 0. The zero-order valence-corrected chi connectivity index (χ0v) is 13.2. The van der Waals surface area contributed by atoms with E-state index in [1.807, 2.05) is 18.2 Å². The molecule has 3 aliphatic rings. The van der Waals surface area contributed by atoms with Crippen molar-refractivity contribution >= 4 is 0 Å². The summed E-state index contributed by atoms with van der Waals surface area (Å²) in [6.07, 6.45) is 8.94. The van der Waals surface area contributed by atoms with Gasteiger partial charge >= 0.3 is 0 Å². The molecule has 0 unspecified atom stereocenters. The smallest absolute Gasteiger partial charge is 0.115 e. The fourth-order valence-corrected chi connectivity index (χ4v) is 5.73. The van der Waals surface area contributed by atoms with E-state index >= 15 is 0 Å². The highest BCUT2D eigenvalue weighted by molar-refractivity contribution is 5.41. The van der Waals surface area contributed by atoms with Gasteiger partial charge in [-0.25, -0.2) is 0 Å². The van der Waals surface area contributed by atoms with Gasteiger partial charge in [0.2, 0.25) is 0 Å². The number of nitrogens with zero attached hydrogens (tertiary/aromatic N) is 1. The van der Waals surface area contributed by atoms with Crippen molar-refractivity contribution in [2.75, 3.05) is 0 Å². The van der Waals surface area contributed by atoms with Gasteiger partial charge in [-0.15, -0.1) is 0 Å². The molecule has 0 heterocycles. The number of aryl methyl sites for hydroxylation is 1. The molecule has 2 fully saturated rings. The Balaban J connectivity index is 1.70. The number of aromatic hydroxyl groups is 1. The monoisotopic (exact) mass is 293 g/mol. The Bertz CT molecular complexity index is 683. The molecule has 0 aromatic heterocycles. The number of benzene rings is 1. The average molecular weight is 293 g/mol. The number of hydrogen-bond donors (Lipinski definition) is 1. The molecule has 0 spiro atoms. The molecule has 1 aromatic carbocycles. The van der Waals surface area contributed by atoms with Gasteiger partial charge in [-0.3, -0.25) is 0 Å². The van der Waals surface area contributed by atoms with Crippen molar-refractivity contribution in [3.8, 4) is 11.8 Å². The van der Waals surface area contributed by atoms with Gasteiger partial charge in [-0.05, 0) is 85.0 Å². The Hall–Kier alpha value is -1.75. The molecule has 2 nitrogen and oxygen atoms in total. The van der Waals surface area contributed by atoms with Crippen LogP contribution in [0.4, 0.5) is 0 Å². The third-order valence-electron chi connectivity index (χ3n) is 6.80. The molecule has 22 heavy (non-hydrogen) atoms. The van der Waals surface area contributed by atoms with Crippen LogP contribution in [0.25, 0.3) is 0 Å². The average Bonchev–Trinajstić information content (AvgIpc) is 2.84. The molecule has 0 bridgehead atoms. The largest absolute Gasteiger partial charge is 0.508 e. The zero-order valence-electron chi connectivity index (χ0n) is 13.2. The van der Waals surface area contributed by atoms with Crippen LogP contribution in [-0.2, 0) is 6.42 Å². The summed E-state index contributed by atoms with van der Waals surface area (Å²) < 4.78 is 0. The van der Waals surface area contributed by atoms with Crippen LogP contribution in [0.15, 0.2) is 29.8 Å². The van der Waals surface area contributed by atoms with Crippen molar-refractivity contribution in [2.45, 2.75) is 51.4 Å². The van der Waals surface area contributed by atoms with E-state index in [0.717, 1.165) is 24.7 Å². The van der Waals surface area contributed by atoms with Crippen molar-refractivity contribution in [1.29, 1.82) is 5.26 Å². The molecule has 3 aliphatic carbocycles. The van der Waals surface area contributed by atoms with Crippen LogP contribution in [0.3, 0.4) is 0 Å². The summed E-state index contributed by atoms with van der Waals surface area (Å²) in [4.78, 5) is 0. The summed E-state index contributed by atoms with van der Waals surface area (Å²) in [5, 5.41) is 18.8. The van der Waals surface area contributed by atoms with E-state index in [-0.39, 0.29) is 5.41 Å². The van der Waals surface area contributed by atoms with Gasteiger partial charge < -0.3 is 5.11 Å². The van der Waals surface area contributed by atoms with E-state index in [1.54, 1.807) is 0 Å². The molecule has 4 rings (SSSR count). The first-order valence-corrected chi connectivity index (χ1v) is 8.54. The van der Waals surface area contributed by atoms with Gasteiger partial charge in [0.05, 0.1) is 6.07 Å². The van der Waals surface area contributed by atoms with Gasteiger partial charge in [0.15, 0.2) is 0 Å². The van der Waals surface area contributed by atoms with Crippen molar-refractivity contribution in [3.05, 3.63) is 41.0 Å². The fourth-order valence-electron chi connectivity index (χ4n) is 5.73. The van der Waals surface area contributed by atoms with E-state index in [0.29, 0.717) is 11.7 Å². The molecule has 0 radical (unpaired) electrons. The van der Waals surface area contributed by atoms with E-state index in [9.17, 15) is 5.11 Å². The Morgan fingerprint density at radius 3 is 2.95 bits per heavy atom. The molecule has 1 N–H and O–H groups in total. The maximum Gasteiger partial charge on any atom is 0.115 e. The third kappa shape index (κ3) is 1.85. The van der Waals surface area contributed by atoms with E-state index < -0.39 is 0 Å². The van der Waals surface area contributed by atoms with Crippen LogP contribution in [0.5, 0.6) is 5.75 Å². The van der Waals surface area contributed by atoms with E-state index in [1.165, 1.54) is 42.4 Å². The maximum absolute atomic E-state index is 9.73. The van der Waals surface area contributed by atoms with Crippen LogP contribution >= 0.6 is 0 Å². The summed E-state index contributed by atoms with van der Waals surface area (Å²) in [7, 11) is 0. The lowest BCUT2D eigenvalue weighted by Crippen LogP contribution is -2.40. The molecule has 0 amide bonds. The second-order valence-corrected chi connectivity index (χ2v) is 7.59. The first-order chi connectivity index (χ1) is 10.6. The number of rotatable bonds is 0. The molecular weight excluding hydrogens is 270 g/mol. The number of hydrogen-bond acceptors (Lipinski definition) is 2. The molecule has 0 aliphatic heterocycles. The van der Waals surface area contributed by atoms with E-state index in [2.05, 4.69) is 19.1 Å². The molecular formula is C20H23NO.